The Bertz CT molecular complexity index is 1060. The van der Waals surface area contributed by atoms with E-state index in [1.54, 1.807) is 7.11 Å². The third kappa shape index (κ3) is 4.16. The number of aryl methyl sites for hydroxylation is 1. The molecule has 0 fully saturated rings. The van der Waals surface area contributed by atoms with Crippen LogP contribution in [0.2, 0.25) is 0 Å². The van der Waals surface area contributed by atoms with E-state index in [1.165, 1.54) is 5.56 Å². The van der Waals surface area contributed by atoms with Crippen molar-refractivity contribution >= 4 is 0 Å². The van der Waals surface area contributed by atoms with Crippen LogP contribution < -0.4 is 4.74 Å². The van der Waals surface area contributed by atoms with Gasteiger partial charge in [-0.15, -0.1) is 15.3 Å². The summed E-state index contributed by atoms with van der Waals surface area (Å²) in [5.74, 6) is 1.50. The Morgan fingerprint density at radius 3 is 2.52 bits per heavy atom. The molecule has 0 aliphatic carbocycles. The first-order chi connectivity index (χ1) is 14.3. The maximum Gasteiger partial charge on any atom is 0.335 e. The number of aromatic nitrogens is 7. The summed E-state index contributed by atoms with van der Waals surface area (Å²) < 4.78 is 7.16. The van der Waals surface area contributed by atoms with Gasteiger partial charge in [0.1, 0.15) is 5.82 Å². The number of aromatic amines is 1. The van der Waals surface area contributed by atoms with Crippen molar-refractivity contribution in [3.63, 3.8) is 0 Å². The summed E-state index contributed by atoms with van der Waals surface area (Å²) in [6.45, 7) is 3.01. The van der Waals surface area contributed by atoms with Crippen LogP contribution in [0, 0.1) is 0 Å². The van der Waals surface area contributed by atoms with Gasteiger partial charge in [0.2, 0.25) is 5.82 Å². The second-order valence-corrected chi connectivity index (χ2v) is 6.75. The molecule has 29 heavy (non-hydrogen) atoms. The van der Waals surface area contributed by atoms with Crippen molar-refractivity contribution in [1.82, 2.24) is 35.4 Å². The molecule has 2 aromatic heterocycles. The third-order valence-corrected chi connectivity index (χ3v) is 4.78. The number of benzene rings is 2. The molecule has 4 aromatic rings. The van der Waals surface area contributed by atoms with Gasteiger partial charge in [0.05, 0.1) is 7.11 Å². The zero-order valence-electron chi connectivity index (χ0n) is 16.5. The molecule has 0 spiro atoms. The normalized spacial score (nSPS) is 11.0. The standard InChI is InChI=1S/C21H23N7O/c1-3-4-13-28-19(22-21(25-28)29-2)14-15-9-11-16(12-10-15)17-7-5-6-8-18(17)20-23-26-27-24-20/h5-12H,3-4,13-14H2,1-2H3,(H,23,24,26,27). The summed E-state index contributed by atoms with van der Waals surface area (Å²) in [4.78, 5) is 4.51. The van der Waals surface area contributed by atoms with Crippen LogP contribution in [-0.2, 0) is 13.0 Å². The van der Waals surface area contributed by atoms with E-state index < -0.39 is 0 Å². The number of unbranched alkanes of at least 4 members (excludes halogenated alkanes) is 1. The molecule has 0 aliphatic heterocycles. The van der Waals surface area contributed by atoms with Crippen molar-refractivity contribution < 1.29 is 4.74 Å². The second-order valence-electron chi connectivity index (χ2n) is 6.75. The van der Waals surface area contributed by atoms with Crippen LogP contribution in [0.15, 0.2) is 48.5 Å². The predicted octanol–water partition coefficient (Wildman–Crippen LogP) is 3.52. The molecule has 2 aromatic carbocycles. The molecule has 8 nitrogen and oxygen atoms in total. The Hall–Kier alpha value is -3.55. The molecule has 1 N–H and O–H groups in total. The van der Waals surface area contributed by atoms with Gasteiger partial charge in [0.15, 0.2) is 0 Å². The lowest BCUT2D eigenvalue weighted by Gasteiger charge is -2.08. The van der Waals surface area contributed by atoms with Crippen LogP contribution in [0.5, 0.6) is 6.01 Å². The molecule has 4 rings (SSSR count). The SMILES string of the molecule is CCCCn1nc(OC)nc1Cc1ccc(-c2ccccc2-c2nn[nH]n2)cc1. The van der Waals surface area contributed by atoms with Gasteiger partial charge in [-0.1, -0.05) is 61.9 Å². The summed E-state index contributed by atoms with van der Waals surface area (Å²) in [5.41, 5.74) is 4.27. The molecule has 0 radical (unpaired) electrons. The van der Waals surface area contributed by atoms with E-state index in [2.05, 4.69) is 68.0 Å². The number of methoxy groups -OCH3 is 1. The van der Waals surface area contributed by atoms with Crippen LogP contribution in [-0.4, -0.2) is 42.5 Å². The highest BCUT2D eigenvalue weighted by molar-refractivity contribution is 5.80. The molecule has 0 aliphatic rings. The fraction of sp³-hybridized carbons (Fsp3) is 0.286. The summed E-state index contributed by atoms with van der Waals surface area (Å²) in [7, 11) is 1.60. The predicted molar refractivity (Wildman–Crippen MR) is 109 cm³/mol. The van der Waals surface area contributed by atoms with Crippen molar-refractivity contribution in [3.8, 4) is 28.5 Å². The molecule has 0 bridgehead atoms. The number of rotatable bonds is 8. The number of nitrogens with one attached hydrogen (secondary N) is 1. The second kappa shape index (κ2) is 8.64. The minimum Gasteiger partial charge on any atom is -0.466 e. The van der Waals surface area contributed by atoms with Crippen molar-refractivity contribution in [3.05, 3.63) is 59.9 Å². The van der Waals surface area contributed by atoms with Gasteiger partial charge in [-0.2, -0.15) is 10.2 Å². The van der Waals surface area contributed by atoms with Crippen LogP contribution >= 0.6 is 0 Å². The van der Waals surface area contributed by atoms with Crippen LogP contribution in [0.3, 0.4) is 0 Å². The van der Waals surface area contributed by atoms with Gasteiger partial charge in [0.25, 0.3) is 0 Å². The number of hydrogen-bond acceptors (Lipinski definition) is 6. The Morgan fingerprint density at radius 2 is 1.83 bits per heavy atom. The van der Waals surface area contributed by atoms with Crippen LogP contribution in [0.25, 0.3) is 22.5 Å². The van der Waals surface area contributed by atoms with Gasteiger partial charge < -0.3 is 4.74 Å². The van der Waals surface area contributed by atoms with Crippen LogP contribution in [0.4, 0.5) is 0 Å². The lowest BCUT2D eigenvalue weighted by atomic mass is 9.98. The van der Waals surface area contributed by atoms with Gasteiger partial charge in [-0.3, -0.25) is 0 Å². The minimum absolute atomic E-state index is 0.418. The van der Waals surface area contributed by atoms with E-state index in [9.17, 15) is 0 Å². The zero-order valence-corrected chi connectivity index (χ0v) is 16.5. The summed E-state index contributed by atoms with van der Waals surface area (Å²) >= 11 is 0. The minimum atomic E-state index is 0.418. The monoisotopic (exact) mass is 389 g/mol. The lowest BCUT2D eigenvalue weighted by Crippen LogP contribution is -2.06. The van der Waals surface area contributed by atoms with Gasteiger partial charge in [0, 0.05) is 18.5 Å². The van der Waals surface area contributed by atoms with E-state index in [0.29, 0.717) is 18.3 Å². The van der Waals surface area contributed by atoms with Gasteiger partial charge >= 0.3 is 6.01 Å². The number of H-pyrrole nitrogens is 1. The number of hydrogen-bond donors (Lipinski definition) is 1. The Labute approximate surface area is 169 Å². The lowest BCUT2D eigenvalue weighted by molar-refractivity contribution is 0.374. The van der Waals surface area contributed by atoms with E-state index in [1.807, 2.05) is 22.9 Å². The van der Waals surface area contributed by atoms with Crippen molar-refractivity contribution in [2.75, 3.05) is 7.11 Å². The molecule has 0 saturated carbocycles. The van der Waals surface area contributed by atoms with E-state index in [0.717, 1.165) is 41.9 Å². The Balaban J connectivity index is 1.58. The van der Waals surface area contributed by atoms with E-state index in [4.69, 9.17) is 4.74 Å². The summed E-state index contributed by atoms with van der Waals surface area (Å²) in [5, 5.41) is 18.8. The molecule has 0 saturated heterocycles. The van der Waals surface area contributed by atoms with E-state index in [-0.39, 0.29) is 0 Å². The highest BCUT2D eigenvalue weighted by Crippen LogP contribution is 2.30. The molecule has 0 amide bonds. The van der Waals surface area contributed by atoms with Crippen LogP contribution in [0.1, 0.15) is 31.2 Å². The first-order valence-electron chi connectivity index (χ1n) is 9.68. The highest BCUT2D eigenvalue weighted by atomic mass is 16.5. The molecular formula is C21H23N7O. The van der Waals surface area contributed by atoms with Gasteiger partial charge in [-0.05, 0) is 28.3 Å². The maximum atomic E-state index is 5.22. The molecule has 8 heteroatoms. The average Bonchev–Trinajstić information content (AvgIpc) is 3.43. The zero-order chi connectivity index (χ0) is 20.1. The Kier molecular flexibility index (Phi) is 5.60. The summed E-state index contributed by atoms with van der Waals surface area (Å²) in [6.07, 6.45) is 2.87. The number of nitrogens with zero attached hydrogens (tertiary/aromatic N) is 6. The number of tetrazole rings is 1. The smallest absolute Gasteiger partial charge is 0.335 e. The summed E-state index contributed by atoms with van der Waals surface area (Å²) in [6, 6.07) is 16.9. The quantitative estimate of drug-likeness (QED) is 0.495. The molecular weight excluding hydrogens is 366 g/mol. The number of ether oxygens (including phenoxy) is 1. The molecule has 148 valence electrons. The third-order valence-electron chi connectivity index (χ3n) is 4.78. The van der Waals surface area contributed by atoms with Crippen molar-refractivity contribution in [2.45, 2.75) is 32.7 Å². The van der Waals surface area contributed by atoms with Crippen molar-refractivity contribution in [2.24, 2.45) is 0 Å². The molecule has 0 atom stereocenters. The Morgan fingerprint density at radius 1 is 1.03 bits per heavy atom. The van der Waals surface area contributed by atoms with Gasteiger partial charge in [-0.25, -0.2) is 4.68 Å². The largest absolute Gasteiger partial charge is 0.466 e. The first kappa shape index (κ1) is 18.8. The maximum absolute atomic E-state index is 5.22. The fourth-order valence-electron chi connectivity index (χ4n) is 3.25. The van der Waals surface area contributed by atoms with E-state index >= 15 is 0 Å². The molecule has 2 heterocycles. The fourth-order valence-corrected chi connectivity index (χ4v) is 3.25. The van der Waals surface area contributed by atoms with Crippen molar-refractivity contribution in [1.29, 1.82) is 0 Å². The highest BCUT2D eigenvalue weighted by Gasteiger charge is 2.13. The average molecular weight is 389 g/mol. The first-order valence-corrected chi connectivity index (χ1v) is 9.68. The molecule has 0 unspecified atom stereocenters. The topological polar surface area (TPSA) is 94.4 Å².